The molecule has 2 aromatic carbocycles. The molecule has 19 heavy (non-hydrogen) atoms. The van der Waals surface area contributed by atoms with Crippen LogP contribution in [0.5, 0.6) is 0 Å². The Bertz CT molecular complexity index is 585. The highest BCUT2D eigenvalue weighted by atomic mass is 79.9. The quantitative estimate of drug-likeness (QED) is 0.687. The number of rotatable bonds is 4. The van der Waals surface area contributed by atoms with E-state index in [0.717, 1.165) is 21.3 Å². The summed E-state index contributed by atoms with van der Waals surface area (Å²) in [7, 11) is 0. The van der Waals surface area contributed by atoms with Crippen molar-refractivity contribution in [1.29, 1.82) is 0 Å². The maximum atomic E-state index is 11.8. The van der Waals surface area contributed by atoms with Crippen LogP contribution >= 0.6 is 15.9 Å². The summed E-state index contributed by atoms with van der Waals surface area (Å²) >= 11 is 3.37. The van der Waals surface area contributed by atoms with Gasteiger partial charge < -0.3 is 5.73 Å². The maximum absolute atomic E-state index is 11.8. The molecule has 2 aromatic rings. The van der Waals surface area contributed by atoms with Gasteiger partial charge in [-0.25, -0.2) is 0 Å². The summed E-state index contributed by atoms with van der Waals surface area (Å²) in [5.41, 5.74) is 8.30. The molecule has 2 rings (SSSR count). The Morgan fingerprint density at radius 2 is 1.68 bits per heavy atom. The van der Waals surface area contributed by atoms with E-state index in [1.165, 1.54) is 0 Å². The molecule has 0 unspecified atom stereocenters. The lowest BCUT2D eigenvalue weighted by Crippen LogP contribution is -1.97. The van der Waals surface area contributed by atoms with E-state index in [4.69, 9.17) is 5.73 Å². The number of anilines is 1. The third-order valence-corrected chi connectivity index (χ3v) is 3.22. The van der Waals surface area contributed by atoms with Gasteiger partial charge in [0.1, 0.15) is 0 Å². The third-order valence-electron chi connectivity index (χ3n) is 2.69. The van der Waals surface area contributed by atoms with Crippen LogP contribution in [0.1, 0.15) is 11.1 Å². The highest BCUT2D eigenvalue weighted by molar-refractivity contribution is 9.10. The number of nitrogens with two attached hydrogens (primary N) is 1. The fraction of sp³-hybridized carbons (Fsp3) is 0.0625. The SMILES string of the molecule is Nc1ccc(/C=C/C(=O)Cc2ccc(Br)cc2)cc1. The van der Waals surface area contributed by atoms with Crippen molar-refractivity contribution in [3.63, 3.8) is 0 Å². The largest absolute Gasteiger partial charge is 0.399 e. The molecule has 0 saturated carbocycles. The first-order valence-corrected chi connectivity index (χ1v) is 6.74. The van der Waals surface area contributed by atoms with Gasteiger partial charge in [0.05, 0.1) is 0 Å². The van der Waals surface area contributed by atoms with Gasteiger partial charge in [0.15, 0.2) is 5.78 Å². The van der Waals surface area contributed by atoms with Crippen LogP contribution in [0.3, 0.4) is 0 Å². The van der Waals surface area contributed by atoms with Gasteiger partial charge in [-0.05, 0) is 41.5 Å². The van der Waals surface area contributed by atoms with E-state index in [2.05, 4.69) is 15.9 Å². The number of hydrogen-bond donors (Lipinski definition) is 1. The van der Waals surface area contributed by atoms with Crippen LogP contribution in [0.4, 0.5) is 5.69 Å². The molecule has 0 amide bonds. The van der Waals surface area contributed by atoms with Crippen LogP contribution < -0.4 is 5.73 Å². The van der Waals surface area contributed by atoms with Crippen LogP contribution in [0.15, 0.2) is 59.1 Å². The van der Waals surface area contributed by atoms with Crippen LogP contribution in [0.2, 0.25) is 0 Å². The summed E-state index contributed by atoms with van der Waals surface area (Å²) < 4.78 is 1.01. The molecule has 0 radical (unpaired) electrons. The normalized spacial score (nSPS) is 10.8. The Morgan fingerprint density at radius 1 is 1.05 bits per heavy atom. The highest BCUT2D eigenvalue weighted by Crippen LogP contribution is 2.12. The van der Waals surface area contributed by atoms with Crippen molar-refractivity contribution >= 4 is 33.5 Å². The molecule has 0 saturated heterocycles. The van der Waals surface area contributed by atoms with E-state index >= 15 is 0 Å². The Labute approximate surface area is 121 Å². The smallest absolute Gasteiger partial charge is 0.160 e. The summed E-state index contributed by atoms with van der Waals surface area (Å²) in [5.74, 6) is 0.0825. The molecule has 0 aliphatic heterocycles. The van der Waals surface area contributed by atoms with E-state index in [0.29, 0.717) is 6.42 Å². The van der Waals surface area contributed by atoms with E-state index in [9.17, 15) is 4.79 Å². The van der Waals surface area contributed by atoms with Crippen molar-refractivity contribution in [2.45, 2.75) is 6.42 Å². The topological polar surface area (TPSA) is 43.1 Å². The standard InChI is InChI=1S/C16H14BrNO/c17-14-6-1-13(2-7-14)11-16(19)10-5-12-3-8-15(18)9-4-12/h1-10H,11,18H2/b10-5+. The Kier molecular flexibility index (Phi) is 4.53. The third kappa shape index (κ3) is 4.38. The summed E-state index contributed by atoms with van der Waals surface area (Å²) in [4.78, 5) is 11.8. The molecule has 2 nitrogen and oxygen atoms in total. The lowest BCUT2D eigenvalue weighted by atomic mass is 10.1. The fourth-order valence-electron chi connectivity index (χ4n) is 1.66. The Morgan fingerprint density at radius 3 is 2.32 bits per heavy atom. The van der Waals surface area contributed by atoms with Crippen molar-refractivity contribution in [2.75, 3.05) is 5.73 Å². The summed E-state index contributed by atoms with van der Waals surface area (Å²) in [5, 5.41) is 0. The minimum absolute atomic E-state index is 0.0825. The Hall–Kier alpha value is -1.87. The first kappa shape index (κ1) is 13.6. The van der Waals surface area contributed by atoms with Crippen molar-refractivity contribution in [3.05, 3.63) is 70.2 Å². The number of carbonyl (C=O) groups excluding carboxylic acids is 1. The van der Waals surface area contributed by atoms with E-state index < -0.39 is 0 Å². The van der Waals surface area contributed by atoms with Gasteiger partial charge in [0.25, 0.3) is 0 Å². The molecule has 0 bridgehead atoms. The van der Waals surface area contributed by atoms with E-state index in [-0.39, 0.29) is 5.78 Å². The minimum Gasteiger partial charge on any atom is -0.399 e. The number of benzene rings is 2. The summed E-state index contributed by atoms with van der Waals surface area (Å²) in [6.07, 6.45) is 3.83. The van der Waals surface area contributed by atoms with Crippen LogP contribution in [0.25, 0.3) is 6.08 Å². The predicted octanol–water partition coefficient (Wildman–Crippen LogP) is 3.86. The average molecular weight is 316 g/mol. The molecule has 96 valence electrons. The second-order valence-electron chi connectivity index (χ2n) is 4.27. The van der Waals surface area contributed by atoms with Gasteiger partial charge in [0.2, 0.25) is 0 Å². The molecular weight excluding hydrogens is 302 g/mol. The zero-order valence-electron chi connectivity index (χ0n) is 10.3. The van der Waals surface area contributed by atoms with Gasteiger partial charge in [-0.2, -0.15) is 0 Å². The van der Waals surface area contributed by atoms with Crippen molar-refractivity contribution in [3.8, 4) is 0 Å². The molecular formula is C16H14BrNO. The first-order valence-electron chi connectivity index (χ1n) is 5.94. The van der Waals surface area contributed by atoms with Gasteiger partial charge in [-0.3, -0.25) is 4.79 Å². The second-order valence-corrected chi connectivity index (χ2v) is 5.19. The number of carbonyl (C=O) groups is 1. The molecule has 0 atom stereocenters. The van der Waals surface area contributed by atoms with Crippen molar-refractivity contribution in [2.24, 2.45) is 0 Å². The minimum atomic E-state index is 0.0825. The molecule has 0 heterocycles. The van der Waals surface area contributed by atoms with Crippen molar-refractivity contribution in [1.82, 2.24) is 0 Å². The van der Waals surface area contributed by atoms with Gasteiger partial charge >= 0.3 is 0 Å². The number of nitrogen functional groups attached to an aromatic ring is 1. The zero-order valence-corrected chi connectivity index (χ0v) is 11.9. The second kappa shape index (κ2) is 6.34. The lowest BCUT2D eigenvalue weighted by molar-refractivity contribution is -0.113. The predicted molar refractivity (Wildman–Crippen MR) is 82.7 cm³/mol. The number of ketones is 1. The lowest BCUT2D eigenvalue weighted by Gasteiger charge is -1.98. The number of hydrogen-bond acceptors (Lipinski definition) is 2. The number of halogens is 1. The van der Waals surface area contributed by atoms with Gasteiger partial charge in [-0.15, -0.1) is 0 Å². The molecule has 0 spiro atoms. The molecule has 0 aromatic heterocycles. The fourth-order valence-corrected chi connectivity index (χ4v) is 1.92. The molecule has 2 N–H and O–H groups in total. The Balaban J connectivity index is 1.97. The van der Waals surface area contributed by atoms with Crippen LogP contribution in [-0.2, 0) is 11.2 Å². The zero-order chi connectivity index (χ0) is 13.7. The molecule has 0 fully saturated rings. The maximum Gasteiger partial charge on any atom is 0.160 e. The summed E-state index contributed by atoms with van der Waals surface area (Å²) in [6, 6.07) is 15.2. The highest BCUT2D eigenvalue weighted by Gasteiger charge is 1.99. The average Bonchev–Trinajstić information content (AvgIpc) is 2.41. The first-order chi connectivity index (χ1) is 9.13. The van der Waals surface area contributed by atoms with Gasteiger partial charge in [-0.1, -0.05) is 46.3 Å². The summed E-state index contributed by atoms with van der Waals surface area (Å²) in [6.45, 7) is 0. The van der Waals surface area contributed by atoms with E-state index in [1.807, 2.05) is 48.5 Å². The molecule has 0 aliphatic rings. The van der Waals surface area contributed by atoms with Gasteiger partial charge in [0, 0.05) is 16.6 Å². The van der Waals surface area contributed by atoms with Crippen LogP contribution in [0, 0.1) is 0 Å². The number of allylic oxidation sites excluding steroid dienone is 1. The monoisotopic (exact) mass is 315 g/mol. The van der Waals surface area contributed by atoms with Crippen molar-refractivity contribution < 1.29 is 4.79 Å². The molecule has 0 aliphatic carbocycles. The molecule has 3 heteroatoms. The van der Waals surface area contributed by atoms with E-state index in [1.54, 1.807) is 12.2 Å². The van der Waals surface area contributed by atoms with Crippen LogP contribution in [-0.4, -0.2) is 5.78 Å².